The van der Waals surface area contributed by atoms with Gasteiger partial charge in [0, 0.05) is 23.8 Å². The second-order valence-electron chi connectivity index (χ2n) is 3.52. The summed E-state index contributed by atoms with van der Waals surface area (Å²) in [6.07, 6.45) is 3.45. The van der Waals surface area contributed by atoms with Crippen LogP contribution >= 0.6 is 15.9 Å². The summed E-state index contributed by atoms with van der Waals surface area (Å²) in [5, 5.41) is 0.729. The molecule has 4 nitrogen and oxygen atoms in total. The summed E-state index contributed by atoms with van der Waals surface area (Å²) in [6.45, 7) is 2.57. The summed E-state index contributed by atoms with van der Waals surface area (Å²) < 4.78 is 10.9. The van der Waals surface area contributed by atoms with Gasteiger partial charge in [-0.25, -0.2) is 9.97 Å². The van der Waals surface area contributed by atoms with Crippen molar-refractivity contribution in [3.05, 3.63) is 42.2 Å². The highest BCUT2D eigenvalue weighted by atomic mass is 79.9. The Labute approximate surface area is 114 Å². The van der Waals surface area contributed by atoms with Gasteiger partial charge in [-0.05, 0) is 24.6 Å². The van der Waals surface area contributed by atoms with E-state index in [0.717, 1.165) is 16.6 Å². The van der Waals surface area contributed by atoms with Crippen molar-refractivity contribution in [3.8, 4) is 17.5 Å². The van der Waals surface area contributed by atoms with Gasteiger partial charge in [0.2, 0.25) is 0 Å². The van der Waals surface area contributed by atoms with Gasteiger partial charge >= 0.3 is 6.01 Å². The number of rotatable bonds is 5. The molecule has 18 heavy (non-hydrogen) atoms. The molecule has 0 unspecified atom stereocenters. The van der Waals surface area contributed by atoms with Gasteiger partial charge in [0.05, 0.1) is 6.61 Å². The molecule has 0 radical (unpaired) electrons. The molecule has 0 aliphatic heterocycles. The van der Waals surface area contributed by atoms with E-state index in [-0.39, 0.29) is 0 Å². The zero-order chi connectivity index (χ0) is 12.8. The van der Waals surface area contributed by atoms with Crippen LogP contribution in [0.4, 0.5) is 0 Å². The molecule has 2 rings (SSSR count). The van der Waals surface area contributed by atoms with Gasteiger partial charge in [-0.3, -0.25) is 0 Å². The van der Waals surface area contributed by atoms with Crippen LogP contribution in [0.2, 0.25) is 0 Å². The molecule has 2 aromatic rings. The maximum atomic E-state index is 5.55. The molecule has 1 heterocycles. The lowest BCUT2D eigenvalue weighted by molar-refractivity contribution is 0.337. The number of alkyl halides is 1. The van der Waals surface area contributed by atoms with Crippen molar-refractivity contribution in [2.45, 2.75) is 12.3 Å². The third-order valence-electron chi connectivity index (χ3n) is 2.16. The van der Waals surface area contributed by atoms with Gasteiger partial charge in [-0.2, -0.15) is 0 Å². The summed E-state index contributed by atoms with van der Waals surface area (Å²) in [7, 11) is 0. The molecule has 0 saturated carbocycles. The van der Waals surface area contributed by atoms with Crippen LogP contribution in [-0.4, -0.2) is 16.6 Å². The lowest BCUT2D eigenvalue weighted by Gasteiger charge is -2.06. The molecular formula is C13H13BrN2O2. The van der Waals surface area contributed by atoms with Crippen LogP contribution in [-0.2, 0) is 5.33 Å². The Morgan fingerprint density at radius 1 is 1.17 bits per heavy atom. The molecule has 0 saturated heterocycles. The lowest BCUT2D eigenvalue weighted by atomic mass is 10.3. The summed E-state index contributed by atoms with van der Waals surface area (Å²) in [5.41, 5.74) is 1.01. The highest BCUT2D eigenvalue weighted by molar-refractivity contribution is 9.08. The average Bonchev–Trinajstić information content (AvgIpc) is 2.40. The molecule has 0 atom stereocenters. The largest absolute Gasteiger partial charge is 0.494 e. The standard InChI is InChI=1S/C13H13BrN2O2/c1-2-17-11-4-3-5-12(6-11)18-13-15-8-10(7-14)9-16-13/h3-6,8-9H,2,7H2,1H3. The van der Waals surface area contributed by atoms with Crippen molar-refractivity contribution < 1.29 is 9.47 Å². The fourth-order valence-electron chi connectivity index (χ4n) is 1.36. The monoisotopic (exact) mass is 308 g/mol. The Kier molecular flexibility index (Phi) is 4.52. The molecule has 0 aliphatic carbocycles. The number of nitrogens with zero attached hydrogens (tertiary/aromatic N) is 2. The van der Waals surface area contributed by atoms with Crippen molar-refractivity contribution in [1.82, 2.24) is 9.97 Å². The maximum absolute atomic E-state index is 5.55. The molecule has 0 amide bonds. The Bertz CT molecular complexity index is 503. The molecule has 0 aliphatic rings. The predicted molar refractivity (Wildman–Crippen MR) is 72.3 cm³/mol. The zero-order valence-corrected chi connectivity index (χ0v) is 11.6. The number of hydrogen-bond acceptors (Lipinski definition) is 4. The van der Waals surface area contributed by atoms with E-state index in [1.54, 1.807) is 12.4 Å². The zero-order valence-electron chi connectivity index (χ0n) is 9.97. The predicted octanol–water partition coefficient (Wildman–Crippen LogP) is 3.56. The molecule has 1 aromatic heterocycles. The van der Waals surface area contributed by atoms with E-state index in [0.29, 0.717) is 18.4 Å². The van der Waals surface area contributed by atoms with Crippen LogP contribution in [0, 0.1) is 0 Å². The van der Waals surface area contributed by atoms with Gasteiger partial charge in [-0.15, -0.1) is 0 Å². The van der Waals surface area contributed by atoms with Crippen molar-refractivity contribution in [2.24, 2.45) is 0 Å². The fraction of sp³-hybridized carbons (Fsp3) is 0.231. The van der Waals surface area contributed by atoms with E-state index in [1.807, 2.05) is 31.2 Å². The number of ether oxygens (including phenoxy) is 2. The van der Waals surface area contributed by atoms with Gasteiger partial charge in [0.15, 0.2) is 0 Å². The van der Waals surface area contributed by atoms with E-state index in [1.165, 1.54) is 0 Å². The molecule has 94 valence electrons. The molecular weight excluding hydrogens is 296 g/mol. The maximum Gasteiger partial charge on any atom is 0.321 e. The molecule has 1 aromatic carbocycles. The summed E-state index contributed by atoms with van der Waals surface area (Å²) in [4.78, 5) is 8.23. The summed E-state index contributed by atoms with van der Waals surface area (Å²) in [5.74, 6) is 1.43. The van der Waals surface area contributed by atoms with Crippen LogP contribution in [0.1, 0.15) is 12.5 Å². The van der Waals surface area contributed by atoms with E-state index < -0.39 is 0 Å². The summed E-state index contributed by atoms with van der Waals surface area (Å²) in [6, 6.07) is 7.72. The second-order valence-corrected chi connectivity index (χ2v) is 4.08. The normalized spacial score (nSPS) is 10.1. The van der Waals surface area contributed by atoms with Crippen LogP contribution in [0.5, 0.6) is 17.5 Å². The quantitative estimate of drug-likeness (QED) is 0.792. The average molecular weight is 309 g/mol. The van der Waals surface area contributed by atoms with E-state index >= 15 is 0 Å². The van der Waals surface area contributed by atoms with Crippen molar-refractivity contribution in [2.75, 3.05) is 6.61 Å². The van der Waals surface area contributed by atoms with E-state index in [4.69, 9.17) is 9.47 Å². The van der Waals surface area contributed by atoms with Gasteiger partial charge < -0.3 is 9.47 Å². The number of aromatic nitrogens is 2. The minimum Gasteiger partial charge on any atom is -0.494 e. The third kappa shape index (κ3) is 3.43. The van der Waals surface area contributed by atoms with Crippen molar-refractivity contribution in [1.29, 1.82) is 0 Å². The van der Waals surface area contributed by atoms with Crippen LogP contribution < -0.4 is 9.47 Å². The van der Waals surface area contributed by atoms with Crippen molar-refractivity contribution >= 4 is 15.9 Å². The molecule has 0 fully saturated rings. The third-order valence-corrected chi connectivity index (χ3v) is 2.81. The Hall–Kier alpha value is -1.62. The first-order valence-electron chi connectivity index (χ1n) is 5.59. The van der Waals surface area contributed by atoms with Crippen LogP contribution in [0.15, 0.2) is 36.7 Å². The molecule has 0 spiro atoms. The lowest BCUT2D eigenvalue weighted by Crippen LogP contribution is -1.94. The molecule has 5 heteroatoms. The number of hydrogen-bond donors (Lipinski definition) is 0. The van der Waals surface area contributed by atoms with Gasteiger partial charge in [0.25, 0.3) is 0 Å². The first-order valence-corrected chi connectivity index (χ1v) is 6.71. The first kappa shape index (κ1) is 12.8. The highest BCUT2D eigenvalue weighted by Gasteiger charge is 2.02. The SMILES string of the molecule is CCOc1cccc(Oc2ncc(CBr)cn2)c1. The molecule has 0 bridgehead atoms. The van der Waals surface area contributed by atoms with Gasteiger partial charge in [0.1, 0.15) is 11.5 Å². The van der Waals surface area contributed by atoms with Crippen LogP contribution in [0.25, 0.3) is 0 Å². The minimum absolute atomic E-state index is 0.327. The van der Waals surface area contributed by atoms with Crippen molar-refractivity contribution in [3.63, 3.8) is 0 Å². The summed E-state index contributed by atoms with van der Waals surface area (Å²) >= 11 is 3.34. The Morgan fingerprint density at radius 3 is 2.56 bits per heavy atom. The topological polar surface area (TPSA) is 44.2 Å². The van der Waals surface area contributed by atoms with Gasteiger partial charge in [-0.1, -0.05) is 22.0 Å². The minimum atomic E-state index is 0.327. The Balaban J connectivity index is 2.09. The number of benzene rings is 1. The Morgan fingerprint density at radius 2 is 1.89 bits per heavy atom. The van der Waals surface area contributed by atoms with E-state index in [2.05, 4.69) is 25.9 Å². The molecule has 0 N–H and O–H groups in total. The van der Waals surface area contributed by atoms with Crippen LogP contribution in [0.3, 0.4) is 0 Å². The first-order chi connectivity index (χ1) is 8.81. The fourth-order valence-corrected chi connectivity index (χ4v) is 1.65. The second kappa shape index (κ2) is 6.35. The van der Waals surface area contributed by atoms with E-state index in [9.17, 15) is 0 Å². The number of halogens is 1. The smallest absolute Gasteiger partial charge is 0.321 e. The highest BCUT2D eigenvalue weighted by Crippen LogP contribution is 2.23.